The van der Waals surface area contributed by atoms with Crippen molar-refractivity contribution in [2.75, 3.05) is 18.5 Å². The smallest absolute Gasteiger partial charge is 0.321 e. The van der Waals surface area contributed by atoms with Gasteiger partial charge >= 0.3 is 5.97 Å². The Morgan fingerprint density at radius 3 is 2.74 bits per heavy atom. The van der Waals surface area contributed by atoms with Crippen LogP contribution in [0, 0.1) is 13.8 Å². The third-order valence-electron chi connectivity index (χ3n) is 4.09. The number of aryl methyl sites for hydroxylation is 2. The molecular formula is C17H24N2O4. The summed E-state index contributed by atoms with van der Waals surface area (Å²) < 4.78 is 5.45. The minimum atomic E-state index is -1.03. The molecule has 0 saturated carbocycles. The highest BCUT2D eigenvalue weighted by Crippen LogP contribution is 2.15. The number of carboxylic acid groups (broad SMARTS) is 1. The molecule has 0 bridgehead atoms. The number of nitrogens with one attached hydrogen (secondary N) is 2. The van der Waals surface area contributed by atoms with Crippen LogP contribution in [0.5, 0.6) is 0 Å². The maximum atomic E-state index is 12.1. The van der Waals surface area contributed by atoms with Crippen molar-refractivity contribution < 1.29 is 19.4 Å². The number of aliphatic carboxylic acids is 1. The number of amides is 1. The molecule has 1 fully saturated rings. The van der Waals surface area contributed by atoms with E-state index in [0.717, 1.165) is 30.6 Å². The van der Waals surface area contributed by atoms with E-state index in [4.69, 9.17) is 4.74 Å². The molecule has 23 heavy (non-hydrogen) atoms. The van der Waals surface area contributed by atoms with E-state index in [9.17, 15) is 14.7 Å². The fourth-order valence-electron chi connectivity index (χ4n) is 2.54. The molecule has 126 valence electrons. The predicted molar refractivity (Wildman–Crippen MR) is 87.6 cm³/mol. The highest BCUT2D eigenvalue weighted by atomic mass is 16.5. The van der Waals surface area contributed by atoms with Crippen molar-refractivity contribution in [3.63, 3.8) is 0 Å². The van der Waals surface area contributed by atoms with Crippen LogP contribution in [0.4, 0.5) is 5.69 Å². The van der Waals surface area contributed by atoms with Crippen LogP contribution in [0.15, 0.2) is 18.2 Å². The van der Waals surface area contributed by atoms with E-state index in [2.05, 4.69) is 10.6 Å². The third kappa shape index (κ3) is 5.33. The summed E-state index contributed by atoms with van der Waals surface area (Å²) in [6.45, 7) is 5.13. The minimum Gasteiger partial charge on any atom is -0.480 e. The molecule has 1 aliphatic heterocycles. The van der Waals surface area contributed by atoms with Crippen molar-refractivity contribution in [2.45, 2.75) is 45.3 Å². The van der Waals surface area contributed by atoms with Gasteiger partial charge in [-0.15, -0.1) is 0 Å². The Kier molecular flexibility index (Phi) is 6.12. The maximum absolute atomic E-state index is 12.1. The van der Waals surface area contributed by atoms with E-state index in [1.165, 1.54) is 0 Å². The normalized spacial score (nSPS) is 18.6. The standard InChI is InChI=1S/C17H24N2O4/c1-11-5-6-13(8-12(11)2)19-16(20)9-15(17(21)22)18-10-14-4-3-7-23-14/h5-6,8,14-15,18H,3-4,7,9-10H2,1-2H3,(H,19,20)(H,21,22)/t14-,15-/m1/s1. The lowest BCUT2D eigenvalue weighted by Crippen LogP contribution is -2.43. The number of benzene rings is 1. The summed E-state index contributed by atoms with van der Waals surface area (Å²) in [4.78, 5) is 23.4. The third-order valence-corrected chi connectivity index (χ3v) is 4.09. The average molecular weight is 320 g/mol. The van der Waals surface area contributed by atoms with Gasteiger partial charge in [0.05, 0.1) is 12.5 Å². The van der Waals surface area contributed by atoms with Crippen LogP contribution < -0.4 is 10.6 Å². The fraction of sp³-hybridized carbons (Fsp3) is 0.529. The van der Waals surface area contributed by atoms with Crippen LogP contribution in [0.2, 0.25) is 0 Å². The first-order chi connectivity index (χ1) is 11.0. The van der Waals surface area contributed by atoms with Crippen LogP contribution in [-0.2, 0) is 14.3 Å². The van der Waals surface area contributed by atoms with Crippen LogP contribution in [-0.4, -0.2) is 42.3 Å². The first-order valence-electron chi connectivity index (χ1n) is 7.90. The zero-order valence-corrected chi connectivity index (χ0v) is 13.6. The molecule has 6 nitrogen and oxygen atoms in total. The lowest BCUT2D eigenvalue weighted by atomic mass is 10.1. The van der Waals surface area contributed by atoms with Crippen LogP contribution >= 0.6 is 0 Å². The summed E-state index contributed by atoms with van der Waals surface area (Å²) in [6.07, 6.45) is 1.85. The summed E-state index contributed by atoms with van der Waals surface area (Å²) in [5, 5.41) is 14.9. The Hall–Kier alpha value is -1.92. The molecule has 6 heteroatoms. The van der Waals surface area contributed by atoms with Crippen molar-refractivity contribution in [3.05, 3.63) is 29.3 Å². The maximum Gasteiger partial charge on any atom is 0.321 e. The molecule has 1 aromatic carbocycles. The van der Waals surface area contributed by atoms with E-state index < -0.39 is 12.0 Å². The predicted octanol–water partition coefficient (Wildman–Crippen LogP) is 1.85. The molecule has 2 rings (SSSR count). The molecule has 0 radical (unpaired) electrons. The highest BCUT2D eigenvalue weighted by Gasteiger charge is 2.23. The van der Waals surface area contributed by atoms with Gasteiger partial charge in [-0.2, -0.15) is 0 Å². The number of hydrogen-bond donors (Lipinski definition) is 3. The zero-order valence-electron chi connectivity index (χ0n) is 13.6. The molecule has 3 N–H and O–H groups in total. The molecule has 1 saturated heterocycles. The van der Waals surface area contributed by atoms with Gasteiger partial charge in [-0.25, -0.2) is 0 Å². The number of carbonyl (C=O) groups excluding carboxylic acids is 1. The number of hydrogen-bond acceptors (Lipinski definition) is 4. The lowest BCUT2D eigenvalue weighted by molar-refractivity contribution is -0.141. The van der Waals surface area contributed by atoms with Gasteiger partial charge in [0, 0.05) is 18.8 Å². The van der Waals surface area contributed by atoms with Crippen molar-refractivity contribution in [1.29, 1.82) is 0 Å². The Bertz CT molecular complexity index is 568. The Labute approximate surface area is 136 Å². The van der Waals surface area contributed by atoms with Crippen molar-refractivity contribution >= 4 is 17.6 Å². The van der Waals surface area contributed by atoms with E-state index in [1.807, 2.05) is 32.0 Å². The molecule has 0 spiro atoms. The van der Waals surface area contributed by atoms with Crippen molar-refractivity contribution in [1.82, 2.24) is 5.32 Å². The van der Waals surface area contributed by atoms with Gasteiger partial charge in [-0.3, -0.25) is 9.59 Å². The number of anilines is 1. The first kappa shape index (κ1) is 17.4. The Morgan fingerprint density at radius 1 is 1.35 bits per heavy atom. The monoisotopic (exact) mass is 320 g/mol. The molecule has 1 aliphatic rings. The Balaban J connectivity index is 1.86. The molecule has 0 unspecified atom stereocenters. The molecule has 1 aromatic rings. The van der Waals surface area contributed by atoms with Gasteiger partial charge in [0.1, 0.15) is 6.04 Å². The molecular weight excluding hydrogens is 296 g/mol. The number of carboxylic acids is 1. The van der Waals surface area contributed by atoms with Gasteiger partial charge in [0.2, 0.25) is 5.91 Å². The number of ether oxygens (including phenoxy) is 1. The zero-order chi connectivity index (χ0) is 16.8. The average Bonchev–Trinajstić information content (AvgIpc) is 3.00. The van der Waals surface area contributed by atoms with Crippen LogP contribution in [0.3, 0.4) is 0 Å². The summed E-state index contributed by atoms with van der Waals surface area (Å²) in [7, 11) is 0. The van der Waals surface area contributed by atoms with Gasteiger partial charge in [0.25, 0.3) is 0 Å². The van der Waals surface area contributed by atoms with Gasteiger partial charge < -0.3 is 20.5 Å². The molecule has 1 heterocycles. The number of carbonyl (C=O) groups is 2. The molecule has 0 aromatic heterocycles. The Morgan fingerprint density at radius 2 is 2.13 bits per heavy atom. The largest absolute Gasteiger partial charge is 0.480 e. The SMILES string of the molecule is Cc1ccc(NC(=O)C[C@@H](NC[C@H]2CCCO2)C(=O)O)cc1C. The van der Waals surface area contributed by atoms with Gasteiger partial charge in [0.15, 0.2) is 0 Å². The minimum absolute atomic E-state index is 0.0414. The van der Waals surface area contributed by atoms with E-state index in [0.29, 0.717) is 12.2 Å². The lowest BCUT2D eigenvalue weighted by Gasteiger charge is -2.17. The molecule has 2 atom stereocenters. The van der Waals surface area contributed by atoms with Gasteiger partial charge in [-0.05, 0) is 49.9 Å². The summed E-state index contributed by atoms with van der Waals surface area (Å²) in [5.74, 6) is -1.35. The van der Waals surface area contributed by atoms with E-state index in [-0.39, 0.29) is 18.4 Å². The van der Waals surface area contributed by atoms with Crippen molar-refractivity contribution in [2.24, 2.45) is 0 Å². The number of rotatable bonds is 7. The second-order valence-corrected chi connectivity index (χ2v) is 5.99. The topological polar surface area (TPSA) is 87.7 Å². The summed E-state index contributed by atoms with van der Waals surface area (Å²) in [6, 6.07) is 4.71. The summed E-state index contributed by atoms with van der Waals surface area (Å²) >= 11 is 0. The van der Waals surface area contributed by atoms with E-state index in [1.54, 1.807) is 0 Å². The molecule has 0 aliphatic carbocycles. The van der Waals surface area contributed by atoms with Gasteiger partial charge in [-0.1, -0.05) is 6.07 Å². The second-order valence-electron chi connectivity index (χ2n) is 5.99. The summed E-state index contributed by atoms with van der Waals surface area (Å²) in [5.41, 5.74) is 2.90. The second kappa shape index (κ2) is 8.08. The van der Waals surface area contributed by atoms with E-state index >= 15 is 0 Å². The highest BCUT2D eigenvalue weighted by molar-refractivity contribution is 5.94. The van der Waals surface area contributed by atoms with Crippen LogP contribution in [0.1, 0.15) is 30.4 Å². The quantitative estimate of drug-likeness (QED) is 0.714. The van der Waals surface area contributed by atoms with Crippen molar-refractivity contribution in [3.8, 4) is 0 Å². The first-order valence-corrected chi connectivity index (χ1v) is 7.90. The fourth-order valence-corrected chi connectivity index (χ4v) is 2.54. The molecule has 1 amide bonds. The van der Waals surface area contributed by atoms with Crippen LogP contribution in [0.25, 0.3) is 0 Å².